The van der Waals surface area contributed by atoms with Gasteiger partial charge in [0.15, 0.2) is 0 Å². The maximum atomic E-state index is 6.16. The molecular formula is C25H19O+. The second-order valence-corrected chi connectivity index (χ2v) is 6.09. The Hall–Kier alpha value is -3.45. The minimum atomic E-state index is 0.828. The van der Waals surface area contributed by atoms with Crippen LogP contribution in [0.4, 0.5) is 0 Å². The highest BCUT2D eigenvalue weighted by Gasteiger charge is 2.17. The first kappa shape index (κ1) is 16.0. The van der Waals surface area contributed by atoms with E-state index in [4.69, 9.17) is 4.42 Å². The molecule has 26 heavy (non-hydrogen) atoms. The molecule has 0 aliphatic heterocycles. The lowest BCUT2D eigenvalue weighted by Gasteiger charge is -2.00. The minimum Gasteiger partial charge on any atom is -0.207 e. The molecule has 124 valence electrons. The topological polar surface area (TPSA) is 11.3 Å². The zero-order valence-corrected chi connectivity index (χ0v) is 14.4. The highest BCUT2D eigenvalue weighted by atomic mass is 16.3. The molecule has 4 aromatic rings. The summed E-state index contributed by atoms with van der Waals surface area (Å²) in [4.78, 5) is 0. The fourth-order valence-corrected chi connectivity index (χ4v) is 2.89. The molecule has 4 rings (SSSR count). The third kappa shape index (κ3) is 3.79. The van der Waals surface area contributed by atoms with E-state index in [0.29, 0.717) is 0 Å². The van der Waals surface area contributed by atoms with E-state index in [9.17, 15) is 0 Å². The molecule has 0 aliphatic carbocycles. The molecule has 0 bridgehead atoms. The van der Waals surface area contributed by atoms with Gasteiger partial charge in [-0.15, -0.1) is 0 Å². The monoisotopic (exact) mass is 335 g/mol. The molecule has 0 saturated carbocycles. The Kier molecular flexibility index (Phi) is 4.70. The van der Waals surface area contributed by atoms with Gasteiger partial charge in [0, 0.05) is 11.6 Å². The average molecular weight is 335 g/mol. The highest BCUT2D eigenvalue weighted by Crippen LogP contribution is 2.29. The smallest absolute Gasteiger partial charge is 0.207 e. The molecule has 1 heterocycles. The molecule has 0 atom stereocenters. The second kappa shape index (κ2) is 7.62. The quantitative estimate of drug-likeness (QED) is 0.363. The lowest BCUT2D eigenvalue weighted by Crippen LogP contribution is -1.84. The summed E-state index contributed by atoms with van der Waals surface area (Å²) < 4.78 is 6.16. The fraction of sp³-hybridized carbons (Fsp3) is 0. The molecule has 0 aliphatic rings. The third-order valence-corrected chi connectivity index (χ3v) is 4.22. The van der Waals surface area contributed by atoms with Crippen molar-refractivity contribution in [1.82, 2.24) is 0 Å². The van der Waals surface area contributed by atoms with E-state index in [0.717, 1.165) is 28.2 Å². The van der Waals surface area contributed by atoms with Gasteiger partial charge in [0.25, 0.3) is 0 Å². The van der Waals surface area contributed by atoms with Crippen molar-refractivity contribution in [1.29, 1.82) is 0 Å². The van der Waals surface area contributed by atoms with E-state index < -0.39 is 0 Å². The Bertz CT molecular complexity index is 946. The van der Waals surface area contributed by atoms with Gasteiger partial charge in [0.05, 0.1) is 17.7 Å². The van der Waals surface area contributed by atoms with E-state index in [1.807, 2.05) is 48.5 Å². The largest absolute Gasteiger partial charge is 0.361 e. The number of hydrogen-bond donors (Lipinski definition) is 0. The lowest BCUT2D eigenvalue weighted by molar-refractivity contribution is 0.556. The Morgan fingerprint density at radius 3 is 1.73 bits per heavy atom. The first-order valence-electron chi connectivity index (χ1n) is 8.71. The van der Waals surface area contributed by atoms with E-state index in [1.165, 1.54) is 5.56 Å². The van der Waals surface area contributed by atoms with Crippen LogP contribution < -0.4 is 0 Å². The van der Waals surface area contributed by atoms with Crippen LogP contribution in [0.5, 0.6) is 0 Å². The predicted molar refractivity (Wildman–Crippen MR) is 109 cm³/mol. The predicted octanol–water partition coefficient (Wildman–Crippen LogP) is 7.07. The molecule has 0 amide bonds. The van der Waals surface area contributed by atoms with Crippen LogP contribution in [0.2, 0.25) is 0 Å². The standard InChI is InChI=1S/C25H19O/c1-4-10-20(11-5-1)16-17-24-18-23(21-12-6-2-7-13-21)19-25(26-24)22-14-8-3-9-15-22/h1-19H/q+1. The average Bonchev–Trinajstić information content (AvgIpc) is 2.74. The van der Waals surface area contributed by atoms with Crippen molar-refractivity contribution in [3.63, 3.8) is 0 Å². The molecule has 3 aromatic carbocycles. The van der Waals surface area contributed by atoms with Crippen molar-refractivity contribution in [2.75, 3.05) is 0 Å². The Morgan fingerprint density at radius 2 is 1.08 bits per heavy atom. The van der Waals surface area contributed by atoms with Crippen LogP contribution in [0.3, 0.4) is 0 Å². The van der Waals surface area contributed by atoms with Crippen molar-refractivity contribution in [2.45, 2.75) is 0 Å². The Morgan fingerprint density at radius 1 is 0.500 bits per heavy atom. The highest BCUT2D eigenvalue weighted by molar-refractivity contribution is 5.74. The fourth-order valence-electron chi connectivity index (χ4n) is 2.89. The summed E-state index contributed by atoms with van der Waals surface area (Å²) in [5.41, 5.74) is 4.53. The van der Waals surface area contributed by atoms with Crippen molar-refractivity contribution >= 4 is 12.2 Å². The van der Waals surface area contributed by atoms with Gasteiger partial charge in [-0.2, -0.15) is 0 Å². The number of hydrogen-bond acceptors (Lipinski definition) is 0. The van der Waals surface area contributed by atoms with E-state index in [2.05, 4.69) is 66.7 Å². The Balaban J connectivity index is 1.79. The summed E-state index contributed by atoms with van der Waals surface area (Å²) in [5, 5.41) is 0. The van der Waals surface area contributed by atoms with Crippen molar-refractivity contribution in [3.8, 4) is 22.5 Å². The molecule has 0 saturated heterocycles. The summed E-state index contributed by atoms with van der Waals surface area (Å²) in [6.45, 7) is 0. The first-order chi connectivity index (χ1) is 12.9. The molecule has 0 radical (unpaired) electrons. The lowest BCUT2D eigenvalue weighted by atomic mass is 10.0. The van der Waals surface area contributed by atoms with Gasteiger partial charge in [-0.3, -0.25) is 0 Å². The SMILES string of the molecule is C(=Cc1cc(-c2ccccc2)cc(-c2ccccc2)[o+]1)c1ccccc1. The summed E-state index contributed by atoms with van der Waals surface area (Å²) in [5.74, 6) is 1.69. The molecule has 0 unspecified atom stereocenters. The zero-order valence-electron chi connectivity index (χ0n) is 14.4. The van der Waals surface area contributed by atoms with Crippen LogP contribution in [0.15, 0.2) is 108 Å². The molecule has 0 spiro atoms. The van der Waals surface area contributed by atoms with Gasteiger partial charge >= 0.3 is 11.5 Å². The third-order valence-electron chi connectivity index (χ3n) is 4.22. The second-order valence-electron chi connectivity index (χ2n) is 6.09. The Labute approximate surface area is 153 Å². The van der Waals surface area contributed by atoms with Crippen LogP contribution in [-0.2, 0) is 0 Å². The number of rotatable bonds is 4. The summed E-state index contributed by atoms with van der Waals surface area (Å²) in [6.07, 6.45) is 4.09. The number of benzene rings is 3. The zero-order chi connectivity index (χ0) is 17.6. The van der Waals surface area contributed by atoms with Crippen LogP contribution in [0, 0.1) is 0 Å². The summed E-state index contributed by atoms with van der Waals surface area (Å²) in [6, 6.07) is 35.0. The first-order valence-corrected chi connectivity index (χ1v) is 8.71. The van der Waals surface area contributed by atoms with E-state index in [1.54, 1.807) is 0 Å². The van der Waals surface area contributed by atoms with Gasteiger partial charge in [-0.25, -0.2) is 4.42 Å². The van der Waals surface area contributed by atoms with Gasteiger partial charge in [-0.05, 0) is 29.3 Å². The van der Waals surface area contributed by atoms with Crippen LogP contribution in [0.1, 0.15) is 11.3 Å². The molecule has 0 fully saturated rings. The van der Waals surface area contributed by atoms with Crippen molar-refractivity contribution in [2.24, 2.45) is 0 Å². The molecule has 1 nitrogen and oxygen atoms in total. The molecule has 0 N–H and O–H groups in total. The maximum absolute atomic E-state index is 6.16. The van der Waals surface area contributed by atoms with Crippen molar-refractivity contribution < 1.29 is 4.42 Å². The van der Waals surface area contributed by atoms with E-state index in [-0.39, 0.29) is 0 Å². The molecule has 1 heteroatoms. The van der Waals surface area contributed by atoms with Gasteiger partial charge in [0.2, 0.25) is 0 Å². The summed E-state index contributed by atoms with van der Waals surface area (Å²) in [7, 11) is 0. The van der Waals surface area contributed by atoms with Crippen LogP contribution >= 0.6 is 0 Å². The van der Waals surface area contributed by atoms with Gasteiger partial charge < -0.3 is 0 Å². The van der Waals surface area contributed by atoms with Crippen LogP contribution in [-0.4, -0.2) is 0 Å². The molecular weight excluding hydrogens is 316 g/mol. The van der Waals surface area contributed by atoms with E-state index >= 15 is 0 Å². The maximum Gasteiger partial charge on any atom is 0.361 e. The van der Waals surface area contributed by atoms with Gasteiger partial charge in [-0.1, -0.05) is 78.9 Å². The minimum absolute atomic E-state index is 0.828. The van der Waals surface area contributed by atoms with Crippen molar-refractivity contribution in [3.05, 3.63) is 114 Å². The molecule has 1 aromatic heterocycles. The normalized spacial score (nSPS) is 10.9. The van der Waals surface area contributed by atoms with Gasteiger partial charge in [0.1, 0.15) is 0 Å². The van der Waals surface area contributed by atoms with Crippen LogP contribution in [0.25, 0.3) is 34.6 Å². The summed E-state index contributed by atoms with van der Waals surface area (Å²) >= 11 is 0.